The molecule has 1 rings (SSSR count). The molecule has 0 amide bonds. The second kappa shape index (κ2) is 3.99. The van der Waals surface area contributed by atoms with Crippen molar-refractivity contribution in [3.8, 4) is 0 Å². The van der Waals surface area contributed by atoms with Gasteiger partial charge in [0.15, 0.2) is 0 Å². The van der Waals surface area contributed by atoms with Gasteiger partial charge in [0.1, 0.15) is 0 Å². The first-order valence-corrected chi connectivity index (χ1v) is 5.79. The molecule has 0 radical (unpaired) electrons. The number of thioether (sulfide) groups is 1. The van der Waals surface area contributed by atoms with Crippen molar-refractivity contribution in [1.29, 1.82) is 0 Å². The highest BCUT2D eigenvalue weighted by Gasteiger charge is 2.25. The van der Waals surface area contributed by atoms with Gasteiger partial charge in [-0.3, -0.25) is 0 Å². The Morgan fingerprint density at radius 3 is 2.67 bits per heavy atom. The molecule has 0 saturated carbocycles. The van der Waals surface area contributed by atoms with Crippen molar-refractivity contribution in [2.75, 3.05) is 25.9 Å². The summed E-state index contributed by atoms with van der Waals surface area (Å²) in [5.41, 5.74) is 5.84. The van der Waals surface area contributed by atoms with E-state index in [9.17, 15) is 0 Å². The van der Waals surface area contributed by atoms with Gasteiger partial charge >= 0.3 is 0 Å². The normalized spacial score (nSPS) is 26.5. The summed E-state index contributed by atoms with van der Waals surface area (Å²) in [4.78, 5) is 2.47. The fourth-order valence-corrected chi connectivity index (χ4v) is 1.92. The molecule has 12 heavy (non-hydrogen) atoms. The Bertz CT molecular complexity index is 147. The molecule has 1 unspecified atom stereocenters. The minimum absolute atomic E-state index is 0.379. The summed E-state index contributed by atoms with van der Waals surface area (Å²) in [6.45, 7) is 8.03. The molecule has 0 aromatic heterocycles. The first-order valence-electron chi connectivity index (χ1n) is 4.56. The van der Waals surface area contributed by atoms with Crippen LogP contribution >= 0.6 is 11.8 Å². The van der Waals surface area contributed by atoms with E-state index in [4.69, 9.17) is 5.73 Å². The molecule has 0 spiro atoms. The van der Waals surface area contributed by atoms with Crippen LogP contribution in [0.3, 0.4) is 0 Å². The summed E-state index contributed by atoms with van der Waals surface area (Å²) in [7, 11) is 0. The van der Waals surface area contributed by atoms with E-state index < -0.39 is 0 Å². The molecule has 1 atom stereocenters. The minimum Gasteiger partial charge on any atom is -0.326 e. The van der Waals surface area contributed by atoms with E-state index in [-0.39, 0.29) is 0 Å². The maximum Gasteiger partial charge on any atom is 0.0227 e. The fraction of sp³-hybridized carbons (Fsp3) is 1.00. The molecule has 0 bridgehead atoms. The van der Waals surface area contributed by atoms with Gasteiger partial charge in [-0.2, -0.15) is 11.8 Å². The van der Waals surface area contributed by atoms with E-state index in [1.165, 1.54) is 19.5 Å². The van der Waals surface area contributed by atoms with Crippen molar-refractivity contribution in [2.45, 2.75) is 31.1 Å². The summed E-state index contributed by atoms with van der Waals surface area (Å²) >= 11 is 1.93. The fourth-order valence-electron chi connectivity index (χ4n) is 1.61. The number of nitrogens with zero attached hydrogens (tertiary/aromatic N) is 1. The third-order valence-electron chi connectivity index (χ3n) is 2.47. The van der Waals surface area contributed by atoms with Crippen molar-refractivity contribution < 1.29 is 0 Å². The maximum absolute atomic E-state index is 5.84. The lowest BCUT2D eigenvalue weighted by molar-refractivity contribution is 0.310. The van der Waals surface area contributed by atoms with Crippen LogP contribution in [0.15, 0.2) is 0 Å². The van der Waals surface area contributed by atoms with Crippen molar-refractivity contribution in [3.05, 3.63) is 0 Å². The topological polar surface area (TPSA) is 29.3 Å². The highest BCUT2D eigenvalue weighted by atomic mass is 32.2. The molecule has 1 saturated heterocycles. The van der Waals surface area contributed by atoms with Crippen LogP contribution in [0.25, 0.3) is 0 Å². The molecular weight excluding hydrogens is 168 g/mol. The zero-order valence-corrected chi connectivity index (χ0v) is 9.16. The van der Waals surface area contributed by atoms with Gasteiger partial charge in [-0.05, 0) is 33.1 Å². The van der Waals surface area contributed by atoms with Crippen molar-refractivity contribution in [2.24, 2.45) is 5.73 Å². The van der Waals surface area contributed by atoms with Crippen LogP contribution in [0.1, 0.15) is 20.3 Å². The Balaban J connectivity index is 2.32. The standard InChI is InChI=1S/C9H20N2S/c1-9(2,12-3)7-11-5-4-8(10)6-11/h8H,4-7,10H2,1-3H3. The molecule has 3 heteroatoms. The van der Waals surface area contributed by atoms with Gasteiger partial charge in [0, 0.05) is 23.9 Å². The SMILES string of the molecule is CSC(C)(C)CN1CCC(N)C1. The average molecular weight is 188 g/mol. The summed E-state index contributed by atoms with van der Waals surface area (Å²) < 4.78 is 0.379. The van der Waals surface area contributed by atoms with E-state index in [0.29, 0.717) is 10.8 Å². The predicted molar refractivity (Wildman–Crippen MR) is 56.6 cm³/mol. The van der Waals surface area contributed by atoms with E-state index in [1.807, 2.05) is 11.8 Å². The Morgan fingerprint density at radius 1 is 1.58 bits per heavy atom. The Kier molecular flexibility index (Phi) is 3.44. The lowest BCUT2D eigenvalue weighted by atomic mass is 10.2. The first kappa shape index (κ1) is 10.4. The van der Waals surface area contributed by atoms with E-state index >= 15 is 0 Å². The Hall–Kier alpha value is 0.270. The van der Waals surface area contributed by atoms with Gasteiger partial charge in [-0.25, -0.2) is 0 Å². The third kappa shape index (κ3) is 2.96. The molecule has 1 aliphatic heterocycles. The average Bonchev–Trinajstić information content (AvgIpc) is 2.35. The Labute approximate surface area is 79.9 Å². The van der Waals surface area contributed by atoms with Gasteiger partial charge in [-0.15, -0.1) is 0 Å². The maximum atomic E-state index is 5.84. The summed E-state index contributed by atoms with van der Waals surface area (Å²) in [6.07, 6.45) is 3.35. The molecule has 1 fully saturated rings. The van der Waals surface area contributed by atoms with Gasteiger partial charge in [0.05, 0.1) is 0 Å². The molecule has 2 N–H and O–H groups in total. The number of hydrogen-bond acceptors (Lipinski definition) is 3. The molecule has 0 aromatic rings. The largest absolute Gasteiger partial charge is 0.326 e. The van der Waals surface area contributed by atoms with Crippen LogP contribution in [-0.2, 0) is 0 Å². The second-order valence-corrected chi connectivity index (χ2v) is 5.76. The van der Waals surface area contributed by atoms with Crippen LogP contribution in [0.2, 0.25) is 0 Å². The van der Waals surface area contributed by atoms with E-state index in [0.717, 1.165) is 6.54 Å². The van der Waals surface area contributed by atoms with Crippen molar-refractivity contribution >= 4 is 11.8 Å². The smallest absolute Gasteiger partial charge is 0.0227 e. The number of likely N-dealkylation sites (tertiary alicyclic amines) is 1. The van der Waals surface area contributed by atoms with Crippen LogP contribution < -0.4 is 5.73 Å². The number of hydrogen-bond donors (Lipinski definition) is 1. The van der Waals surface area contributed by atoms with Crippen LogP contribution in [-0.4, -0.2) is 41.6 Å². The Morgan fingerprint density at radius 2 is 2.25 bits per heavy atom. The molecule has 0 aromatic carbocycles. The molecule has 0 aliphatic carbocycles. The minimum atomic E-state index is 0.379. The predicted octanol–water partition coefficient (Wildman–Crippen LogP) is 1.16. The monoisotopic (exact) mass is 188 g/mol. The second-order valence-electron chi connectivity index (χ2n) is 4.25. The summed E-state index contributed by atoms with van der Waals surface area (Å²) in [5, 5.41) is 0. The number of rotatable bonds is 3. The lowest BCUT2D eigenvalue weighted by Gasteiger charge is -2.28. The van der Waals surface area contributed by atoms with Gasteiger partial charge in [0.2, 0.25) is 0 Å². The summed E-state index contributed by atoms with van der Waals surface area (Å²) in [5.74, 6) is 0. The molecule has 1 aliphatic rings. The first-order chi connectivity index (χ1) is 5.53. The van der Waals surface area contributed by atoms with E-state index in [1.54, 1.807) is 0 Å². The highest BCUT2D eigenvalue weighted by Crippen LogP contribution is 2.23. The van der Waals surface area contributed by atoms with Crippen molar-refractivity contribution in [3.63, 3.8) is 0 Å². The van der Waals surface area contributed by atoms with Crippen LogP contribution in [0, 0.1) is 0 Å². The molecule has 72 valence electrons. The molecule has 1 heterocycles. The summed E-state index contributed by atoms with van der Waals surface area (Å²) in [6, 6.07) is 0.419. The number of nitrogens with two attached hydrogens (primary N) is 1. The quantitative estimate of drug-likeness (QED) is 0.721. The van der Waals surface area contributed by atoms with Crippen LogP contribution in [0.5, 0.6) is 0 Å². The van der Waals surface area contributed by atoms with E-state index in [2.05, 4.69) is 25.0 Å². The van der Waals surface area contributed by atoms with Crippen molar-refractivity contribution in [1.82, 2.24) is 4.90 Å². The van der Waals surface area contributed by atoms with Crippen LogP contribution in [0.4, 0.5) is 0 Å². The third-order valence-corrected chi connectivity index (χ3v) is 3.70. The van der Waals surface area contributed by atoms with Gasteiger partial charge in [-0.1, -0.05) is 0 Å². The lowest BCUT2D eigenvalue weighted by Crippen LogP contribution is -2.36. The zero-order valence-electron chi connectivity index (χ0n) is 8.34. The highest BCUT2D eigenvalue weighted by molar-refractivity contribution is 7.99. The van der Waals surface area contributed by atoms with Gasteiger partial charge in [0.25, 0.3) is 0 Å². The van der Waals surface area contributed by atoms with Gasteiger partial charge < -0.3 is 10.6 Å². The molecular formula is C9H20N2S. The zero-order chi connectivity index (χ0) is 9.19. The molecule has 2 nitrogen and oxygen atoms in total.